The highest BCUT2D eigenvalue weighted by molar-refractivity contribution is 5.73. The monoisotopic (exact) mass is 535 g/mol. The Hall–Kier alpha value is -5.39. The van der Waals surface area contributed by atoms with Gasteiger partial charge in [0.2, 0.25) is 0 Å². The van der Waals surface area contributed by atoms with Gasteiger partial charge >= 0.3 is 0 Å². The Balaban J connectivity index is 1.54. The van der Waals surface area contributed by atoms with Gasteiger partial charge in [-0.25, -0.2) is 15.0 Å². The van der Waals surface area contributed by atoms with Crippen molar-refractivity contribution < 1.29 is 20.1 Å². The number of hydrogen-bond donors (Lipinski definition) is 2. The molecule has 198 valence electrons. The summed E-state index contributed by atoms with van der Waals surface area (Å²) >= 11 is 0. The summed E-state index contributed by atoms with van der Waals surface area (Å²) in [6, 6.07) is 24.5. The Morgan fingerprint density at radius 3 is 1.27 bits per heavy atom. The van der Waals surface area contributed by atoms with Crippen LogP contribution in [0, 0.1) is 20.2 Å². The van der Waals surface area contributed by atoms with Crippen molar-refractivity contribution in [3.63, 3.8) is 0 Å². The van der Waals surface area contributed by atoms with Gasteiger partial charge in [-0.3, -0.25) is 20.2 Å². The number of benzene rings is 2. The lowest BCUT2D eigenvalue weighted by Crippen LogP contribution is -1.98. The fourth-order valence-corrected chi connectivity index (χ4v) is 4.20. The van der Waals surface area contributed by atoms with Crippen LogP contribution in [-0.4, -0.2) is 35.0 Å². The summed E-state index contributed by atoms with van der Waals surface area (Å²) in [5.74, 6) is 0. The molecule has 0 bridgehead atoms. The minimum absolute atomic E-state index is 0.0273. The molecule has 0 spiro atoms. The van der Waals surface area contributed by atoms with Crippen molar-refractivity contribution in [3.05, 3.63) is 123 Å². The lowest BCUT2D eigenvalue weighted by atomic mass is 10.0. The van der Waals surface area contributed by atoms with E-state index in [1.807, 2.05) is 0 Å². The molecule has 0 aliphatic heterocycles. The maximum absolute atomic E-state index is 11.0. The molecule has 2 aromatic carbocycles. The van der Waals surface area contributed by atoms with E-state index < -0.39 is 9.85 Å². The second kappa shape index (κ2) is 11.2. The lowest BCUT2D eigenvalue weighted by molar-refractivity contribution is -0.385. The summed E-state index contributed by atoms with van der Waals surface area (Å²) in [4.78, 5) is 34.9. The Morgan fingerprint density at radius 1 is 0.525 bits per heavy atom. The van der Waals surface area contributed by atoms with Crippen LogP contribution in [0.3, 0.4) is 0 Å². The highest BCUT2D eigenvalue weighted by atomic mass is 16.6. The number of pyridine rings is 3. The van der Waals surface area contributed by atoms with Crippen molar-refractivity contribution in [2.75, 3.05) is 0 Å². The Bertz CT molecular complexity index is 1600. The zero-order valence-electron chi connectivity index (χ0n) is 20.8. The minimum atomic E-state index is -0.469. The average Bonchev–Trinajstić information content (AvgIpc) is 3.00. The van der Waals surface area contributed by atoms with Gasteiger partial charge in [-0.2, -0.15) is 0 Å². The van der Waals surface area contributed by atoms with E-state index in [-0.39, 0.29) is 24.6 Å². The first-order chi connectivity index (χ1) is 19.3. The number of aromatic nitrogens is 3. The number of nitrogens with zero attached hydrogens (tertiary/aromatic N) is 5. The summed E-state index contributed by atoms with van der Waals surface area (Å²) in [6.07, 6.45) is 0. The van der Waals surface area contributed by atoms with Crippen molar-refractivity contribution in [3.8, 4) is 45.0 Å². The highest BCUT2D eigenvalue weighted by Crippen LogP contribution is 2.30. The lowest BCUT2D eigenvalue weighted by Gasteiger charge is -2.11. The molecule has 0 aliphatic rings. The summed E-state index contributed by atoms with van der Waals surface area (Å²) in [5.41, 5.74) is 5.56. The quantitative estimate of drug-likeness (QED) is 0.197. The molecule has 0 atom stereocenters. The molecule has 11 heteroatoms. The first kappa shape index (κ1) is 26.2. The summed E-state index contributed by atoms with van der Waals surface area (Å²) in [7, 11) is 0. The zero-order valence-corrected chi connectivity index (χ0v) is 20.8. The second-order valence-electron chi connectivity index (χ2n) is 8.80. The van der Waals surface area contributed by atoms with E-state index >= 15 is 0 Å². The topological polar surface area (TPSA) is 165 Å². The van der Waals surface area contributed by atoms with Crippen molar-refractivity contribution in [1.82, 2.24) is 15.0 Å². The molecule has 0 radical (unpaired) electrons. The Morgan fingerprint density at radius 2 is 0.925 bits per heavy atom. The maximum Gasteiger partial charge on any atom is 0.269 e. The van der Waals surface area contributed by atoms with Crippen LogP contribution in [0.4, 0.5) is 11.4 Å². The van der Waals surface area contributed by atoms with Gasteiger partial charge < -0.3 is 10.2 Å². The smallest absolute Gasteiger partial charge is 0.269 e. The molecule has 40 heavy (non-hydrogen) atoms. The maximum atomic E-state index is 11.0. The van der Waals surface area contributed by atoms with Crippen LogP contribution in [0.5, 0.6) is 0 Å². The molecular weight excluding hydrogens is 514 g/mol. The molecule has 0 aliphatic carbocycles. The van der Waals surface area contributed by atoms with Gasteiger partial charge in [-0.15, -0.1) is 0 Å². The van der Waals surface area contributed by atoms with Gasteiger partial charge in [0.05, 0.1) is 57.2 Å². The van der Waals surface area contributed by atoms with Crippen LogP contribution in [0.15, 0.2) is 91.0 Å². The Labute approximate surface area is 227 Å². The predicted octanol–water partition coefficient (Wildman–Crippen LogP) is 5.34. The normalized spacial score (nSPS) is 10.8. The Kier molecular flexibility index (Phi) is 7.31. The van der Waals surface area contributed by atoms with Gasteiger partial charge in [-0.05, 0) is 82.9 Å². The molecule has 5 aromatic rings. The third-order valence-corrected chi connectivity index (χ3v) is 6.18. The number of non-ortho nitro benzene ring substituents is 2. The van der Waals surface area contributed by atoms with Crippen LogP contribution in [0.25, 0.3) is 45.0 Å². The van der Waals surface area contributed by atoms with Gasteiger partial charge in [-0.1, -0.05) is 6.07 Å². The van der Waals surface area contributed by atoms with Crippen LogP contribution < -0.4 is 0 Å². The van der Waals surface area contributed by atoms with E-state index in [1.54, 1.807) is 66.7 Å². The molecule has 0 fully saturated rings. The summed E-state index contributed by atoms with van der Waals surface area (Å²) in [6.45, 7) is -0.627. The average molecular weight is 536 g/mol. The molecule has 0 saturated heterocycles. The van der Waals surface area contributed by atoms with Crippen molar-refractivity contribution in [2.45, 2.75) is 13.2 Å². The zero-order chi connectivity index (χ0) is 28.2. The predicted molar refractivity (Wildman–Crippen MR) is 147 cm³/mol. The second-order valence-corrected chi connectivity index (χ2v) is 8.80. The van der Waals surface area contributed by atoms with E-state index in [0.717, 1.165) is 0 Å². The van der Waals surface area contributed by atoms with Crippen LogP contribution >= 0.6 is 0 Å². The van der Waals surface area contributed by atoms with E-state index in [2.05, 4.69) is 9.97 Å². The number of rotatable bonds is 8. The molecule has 11 nitrogen and oxygen atoms in total. The number of aliphatic hydroxyl groups is 2. The molecular formula is C29H21N5O6. The fourth-order valence-electron chi connectivity index (χ4n) is 4.20. The molecule has 2 N–H and O–H groups in total. The van der Waals surface area contributed by atoms with Crippen LogP contribution in [0.2, 0.25) is 0 Å². The highest BCUT2D eigenvalue weighted by Gasteiger charge is 2.13. The standard InChI is InChI=1S/C29H21N5O6/c35-16-22-12-20(18-4-8-24(9-5-18)33(37)38)14-28(30-22)26-2-1-3-27(32-26)29-15-21(13-23(17-36)31-29)19-6-10-25(11-7-19)34(39)40/h1-15,35-36H,16-17H2. The van der Waals surface area contributed by atoms with Crippen molar-refractivity contribution in [1.29, 1.82) is 0 Å². The van der Waals surface area contributed by atoms with Gasteiger partial charge in [0.15, 0.2) is 0 Å². The third-order valence-electron chi connectivity index (χ3n) is 6.18. The van der Waals surface area contributed by atoms with Crippen LogP contribution in [0.1, 0.15) is 11.4 Å². The number of nitro benzene ring substituents is 2. The summed E-state index contributed by atoms with van der Waals surface area (Å²) < 4.78 is 0. The third kappa shape index (κ3) is 5.55. The van der Waals surface area contributed by atoms with Crippen LogP contribution in [-0.2, 0) is 13.2 Å². The van der Waals surface area contributed by atoms with Crippen molar-refractivity contribution in [2.24, 2.45) is 0 Å². The number of aliphatic hydroxyl groups excluding tert-OH is 2. The van der Waals surface area contributed by atoms with E-state index in [1.165, 1.54) is 24.3 Å². The van der Waals surface area contributed by atoms with Gasteiger partial charge in [0.25, 0.3) is 11.4 Å². The molecule has 3 aromatic heterocycles. The minimum Gasteiger partial charge on any atom is -0.390 e. The molecule has 3 heterocycles. The van der Waals surface area contributed by atoms with Crippen molar-refractivity contribution >= 4 is 11.4 Å². The fraction of sp³-hybridized carbons (Fsp3) is 0.0690. The molecule has 5 rings (SSSR count). The number of nitro groups is 2. The first-order valence-corrected chi connectivity index (χ1v) is 12.1. The molecule has 0 amide bonds. The van der Waals surface area contributed by atoms with Gasteiger partial charge in [0.1, 0.15) is 0 Å². The SMILES string of the molecule is O=[N+]([O-])c1ccc(-c2cc(CO)nc(-c3cccc(-c4cc(-c5ccc([N+](=O)[O-])cc5)cc(CO)n4)n3)c2)cc1. The summed E-state index contributed by atoms with van der Waals surface area (Å²) in [5, 5.41) is 41.7. The van der Waals surface area contributed by atoms with Gasteiger partial charge in [0, 0.05) is 24.3 Å². The number of hydrogen-bond acceptors (Lipinski definition) is 9. The molecule has 0 unspecified atom stereocenters. The first-order valence-electron chi connectivity index (χ1n) is 12.1. The van der Waals surface area contributed by atoms with E-state index in [9.17, 15) is 30.4 Å². The molecule has 0 saturated carbocycles. The van der Waals surface area contributed by atoms with E-state index in [0.29, 0.717) is 56.4 Å². The largest absolute Gasteiger partial charge is 0.390 e. The van der Waals surface area contributed by atoms with E-state index in [4.69, 9.17) is 4.98 Å².